The van der Waals surface area contributed by atoms with E-state index in [0.29, 0.717) is 11.2 Å². The van der Waals surface area contributed by atoms with Crippen LogP contribution in [0.2, 0.25) is 0 Å². The minimum absolute atomic E-state index is 0.147. The van der Waals surface area contributed by atoms with Crippen LogP contribution in [0.4, 0.5) is 0 Å². The summed E-state index contributed by atoms with van der Waals surface area (Å²) in [5.74, 6) is 1.12. The normalized spacial score (nSPS) is 16.1. The first kappa shape index (κ1) is 10.7. The van der Waals surface area contributed by atoms with E-state index in [1.54, 1.807) is 11.9 Å². The van der Waals surface area contributed by atoms with Gasteiger partial charge < -0.3 is 14.6 Å². The van der Waals surface area contributed by atoms with Crippen LogP contribution in [-0.2, 0) is 11.3 Å². The number of rotatable bonds is 3. The molecule has 0 aromatic carbocycles. The van der Waals surface area contributed by atoms with Crippen LogP contribution in [0.25, 0.3) is 0 Å². The van der Waals surface area contributed by atoms with Gasteiger partial charge in [0.15, 0.2) is 4.67 Å². The number of furan rings is 1. The third kappa shape index (κ3) is 2.41. The SMILES string of the molecule is CN(Cc1ccc(Br)o1)C(=O)C1CNC1. The molecule has 2 rings (SSSR count). The molecule has 0 saturated carbocycles. The minimum Gasteiger partial charge on any atom is -0.452 e. The van der Waals surface area contributed by atoms with Crippen molar-refractivity contribution in [3.05, 3.63) is 22.6 Å². The Morgan fingerprint density at radius 2 is 2.40 bits per heavy atom. The lowest BCUT2D eigenvalue weighted by molar-refractivity contribution is -0.136. The van der Waals surface area contributed by atoms with Crippen LogP contribution >= 0.6 is 15.9 Å². The lowest BCUT2D eigenvalue weighted by atomic mass is 10.0. The minimum atomic E-state index is 0.147. The van der Waals surface area contributed by atoms with Gasteiger partial charge >= 0.3 is 0 Å². The van der Waals surface area contributed by atoms with Crippen LogP contribution < -0.4 is 5.32 Å². The average molecular weight is 273 g/mol. The standard InChI is InChI=1S/C10H13BrN2O2/c1-13(10(14)7-4-12-5-7)6-8-2-3-9(11)15-8/h2-3,7,12H,4-6H2,1H3. The van der Waals surface area contributed by atoms with Crippen LogP contribution in [-0.4, -0.2) is 30.9 Å². The highest BCUT2D eigenvalue weighted by Crippen LogP contribution is 2.16. The predicted molar refractivity (Wildman–Crippen MR) is 59.2 cm³/mol. The Hall–Kier alpha value is -0.810. The third-order valence-corrected chi connectivity index (χ3v) is 2.96. The summed E-state index contributed by atoms with van der Waals surface area (Å²) in [4.78, 5) is 13.5. The summed E-state index contributed by atoms with van der Waals surface area (Å²) in [5.41, 5.74) is 0. The van der Waals surface area contributed by atoms with Crippen molar-refractivity contribution in [2.24, 2.45) is 5.92 Å². The van der Waals surface area contributed by atoms with E-state index in [2.05, 4.69) is 21.2 Å². The van der Waals surface area contributed by atoms with Crippen LogP contribution in [0.15, 0.2) is 21.2 Å². The van der Waals surface area contributed by atoms with E-state index in [4.69, 9.17) is 4.42 Å². The van der Waals surface area contributed by atoms with Gasteiger partial charge in [-0.3, -0.25) is 4.79 Å². The van der Waals surface area contributed by atoms with E-state index in [1.165, 1.54) is 0 Å². The van der Waals surface area contributed by atoms with E-state index in [0.717, 1.165) is 18.8 Å². The number of amides is 1. The zero-order valence-electron chi connectivity index (χ0n) is 8.50. The molecule has 0 bridgehead atoms. The second kappa shape index (κ2) is 4.37. The molecular weight excluding hydrogens is 260 g/mol. The molecule has 82 valence electrons. The Bertz CT molecular complexity index is 360. The molecule has 0 aliphatic carbocycles. The first-order chi connectivity index (χ1) is 7.16. The highest BCUT2D eigenvalue weighted by Gasteiger charge is 2.27. The lowest BCUT2D eigenvalue weighted by Crippen LogP contribution is -2.50. The molecule has 15 heavy (non-hydrogen) atoms. The van der Waals surface area contributed by atoms with Crippen molar-refractivity contribution in [1.29, 1.82) is 0 Å². The monoisotopic (exact) mass is 272 g/mol. The van der Waals surface area contributed by atoms with Gasteiger partial charge in [0, 0.05) is 20.1 Å². The molecule has 0 atom stereocenters. The van der Waals surface area contributed by atoms with Gasteiger partial charge in [-0.05, 0) is 28.1 Å². The maximum Gasteiger partial charge on any atom is 0.228 e. The lowest BCUT2D eigenvalue weighted by Gasteiger charge is -2.29. The van der Waals surface area contributed by atoms with Crippen molar-refractivity contribution in [3.8, 4) is 0 Å². The number of carbonyl (C=O) groups is 1. The van der Waals surface area contributed by atoms with Crippen LogP contribution in [0.3, 0.4) is 0 Å². The molecular formula is C10H13BrN2O2. The molecule has 1 aliphatic heterocycles. The van der Waals surface area contributed by atoms with E-state index in [9.17, 15) is 4.79 Å². The zero-order chi connectivity index (χ0) is 10.8. The fourth-order valence-corrected chi connectivity index (χ4v) is 1.86. The smallest absolute Gasteiger partial charge is 0.228 e. The van der Waals surface area contributed by atoms with E-state index >= 15 is 0 Å². The molecule has 4 nitrogen and oxygen atoms in total. The summed E-state index contributed by atoms with van der Waals surface area (Å²) >= 11 is 3.23. The Kier molecular flexibility index (Phi) is 3.11. The van der Waals surface area contributed by atoms with Crippen molar-refractivity contribution in [2.45, 2.75) is 6.54 Å². The predicted octanol–water partition coefficient (Wildman–Crippen LogP) is 1.22. The van der Waals surface area contributed by atoms with Gasteiger partial charge in [-0.2, -0.15) is 0 Å². The number of nitrogens with zero attached hydrogens (tertiary/aromatic N) is 1. The van der Waals surface area contributed by atoms with Gasteiger partial charge in [0.25, 0.3) is 0 Å². The number of hydrogen-bond acceptors (Lipinski definition) is 3. The second-order valence-corrected chi connectivity index (χ2v) is 4.54. The highest BCUT2D eigenvalue weighted by molar-refractivity contribution is 9.10. The molecule has 1 saturated heterocycles. The summed E-state index contributed by atoms with van der Waals surface area (Å²) in [7, 11) is 1.80. The van der Waals surface area contributed by atoms with Crippen molar-refractivity contribution in [1.82, 2.24) is 10.2 Å². The molecule has 1 aromatic rings. The number of carbonyl (C=O) groups excluding carboxylic acids is 1. The summed E-state index contributed by atoms with van der Waals surface area (Å²) in [6.07, 6.45) is 0. The quantitative estimate of drug-likeness (QED) is 0.900. The summed E-state index contributed by atoms with van der Waals surface area (Å²) < 4.78 is 6.04. The van der Waals surface area contributed by atoms with Crippen molar-refractivity contribution in [3.63, 3.8) is 0 Å². The molecule has 0 unspecified atom stereocenters. The first-order valence-corrected chi connectivity index (χ1v) is 5.66. The van der Waals surface area contributed by atoms with Gasteiger partial charge in [0.1, 0.15) is 5.76 Å². The topological polar surface area (TPSA) is 45.5 Å². The molecule has 1 aromatic heterocycles. The van der Waals surface area contributed by atoms with E-state index in [1.807, 2.05) is 12.1 Å². The van der Waals surface area contributed by atoms with Gasteiger partial charge in [-0.1, -0.05) is 0 Å². The molecule has 1 N–H and O–H groups in total. The molecule has 1 aliphatic rings. The summed E-state index contributed by atoms with van der Waals surface area (Å²) in [6, 6.07) is 3.70. The van der Waals surface area contributed by atoms with Gasteiger partial charge in [0.2, 0.25) is 5.91 Å². The highest BCUT2D eigenvalue weighted by atomic mass is 79.9. The summed E-state index contributed by atoms with van der Waals surface area (Å²) in [5, 5.41) is 3.09. The Morgan fingerprint density at radius 1 is 1.67 bits per heavy atom. The zero-order valence-corrected chi connectivity index (χ0v) is 10.1. The molecule has 1 amide bonds. The van der Waals surface area contributed by atoms with Gasteiger partial charge in [-0.15, -0.1) is 0 Å². The molecule has 5 heteroatoms. The second-order valence-electron chi connectivity index (χ2n) is 3.76. The molecule has 0 spiro atoms. The van der Waals surface area contributed by atoms with Gasteiger partial charge in [-0.25, -0.2) is 0 Å². The average Bonchev–Trinajstić information content (AvgIpc) is 2.48. The van der Waals surface area contributed by atoms with Crippen molar-refractivity contribution in [2.75, 3.05) is 20.1 Å². The fourth-order valence-electron chi connectivity index (χ4n) is 1.52. The van der Waals surface area contributed by atoms with Crippen molar-refractivity contribution < 1.29 is 9.21 Å². The number of nitrogens with one attached hydrogen (secondary N) is 1. The van der Waals surface area contributed by atoms with Crippen molar-refractivity contribution >= 4 is 21.8 Å². The Labute approximate surface area is 96.7 Å². The molecule has 0 radical (unpaired) electrons. The maximum absolute atomic E-state index is 11.8. The largest absolute Gasteiger partial charge is 0.452 e. The summed E-state index contributed by atoms with van der Waals surface area (Å²) in [6.45, 7) is 2.12. The van der Waals surface area contributed by atoms with E-state index in [-0.39, 0.29) is 11.8 Å². The molecule has 2 heterocycles. The first-order valence-electron chi connectivity index (χ1n) is 4.86. The fraction of sp³-hybridized carbons (Fsp3) is 0.500. The van der Waals surface area contributed by atoms with Gasteiger partial charge in [0.05, 0.1) is 12.5 Å². The van der Waals surface area contributed by atoms with Crippen LogP contribution in [0, 0.1) is 5.92 Å². The van der Waals surface area contributed by atoms with Crippen LogP contribution in [0.5, 0.6) is 0 Å². The number of halogens is 1. The third-order valence-electron chi connectivity index (χ3n) is 2.53. The maximum atomic E-state index is 11.8. The van der Waals surface area contributed by atoms with Crippen LogP contribution in [0.1, 0.15) is 5.76 Å². The van der Waals surface area contributed by atoms with E-state index < -0.39 is 0 Å². The Balaban J connectivity index is 1.91. The number of hydrogen-bond donors (Lipinski definition) is 1. The molecule has 1 fully saturated rings. The Morgan fingerprint density at radius 3 is 2.87 bits per heavy atom.